The molecule has 1 amide bonds. The minimum atomic E-state index is -0.934. The molecule has 1 saturated heterocycles. The standard InChI is InChI=1S/C13H15BrClN3O3/c14-8-1-2-10(9(15)5-8)17-12(19)7-18-4-3-16-6-11(18)13(20)21/h1-2,5,11,16H,3-4,6-7H2,(H,17,19)(H,20,21). The number of carboxylic acids is 1. The quantitative estimate of drug-likeness (QED) is 0.740. The van der Waals surface area contributed by atoms with Crippen molar-refractivity contribution in [3.63, 3.8) is 0 Å². The van der Waals surface area contributed by atoms with Gasteiger partial charge in [-0.25, -0.2) is 0 Å². The van der Waals surface area contributed by atoms with E-state index in [-0.39, 0.29) is 12.5 Å². The Balaban J connectivity index is 1.98. The van der Waals surface area contributed by atoms with E-state index in [1.165, 1.54) is 0 Å². The summed E-state index contributed by atoms with van der Waals surface area (Å²) < 4.78 is 0.818. The van der Waals surface area contributed by atoms with Crippen LogP contribution >= 0.6 is 27.5 Å². The zero-order valence-electron chi connectivity index (χ0n) is 11.1. The molecule has 1 fully saturated rings. The maximum Gasteiger partial charge on any atom is 0.322 e. The number of benzene rings is 1. The summed E-state index contributed by atoms with van der Waals surface area (Å²) in [7, 11) is 0. The first-order valence-electron chi connectivity index (χ1n) is 6.40. The molecular weight excluding hydrogens is 362 g/mol. The molecule has 1 aliphatic heterocycles. The van der Waals surface area contributed by atoms with E-state index in [0.29, 0.717) is 30.3 Å². The number of piperazine rings is 1. The lowest BCUT2D eigenvalue weighted by Gasteiger charge is -2.32. The van der Waals surface area contributed by atoms with Gasteiger partial charge in [0.2, 0.25) is 5.91 Å². The first-order chi connectivity index (χ1) is 9.97. The van der Waals surface area contributed by atoms with Crippen LogP contribution in [0.25, 0.3) is 0 Å². The average molecular weight is 377 g/mol. The van der Waals surface area contributed by atoms with E-state index in [0.717, 1.165) is 4.47 Å². The molecule has 1 unspecified atom stereocenters. The Morgan fingerprint density at radius 2 is 2.29 bits per heavy atom. The Hall–Kier alpha value is -1.15. The van der Waals surface area contributed by atoms with Crippen LogP contribution in [-0.2, 0) is 9.59 Å². The molecule has 0 spiro atoms. The summed E-state index contributed by atoms with van der Waals surface area (Å²) in [6.07, 6.45) is 0. The second-order valence-corrected chi connectivity index (χ2v) is 6.02. The smallest absolute Gasteiger partial charge is 0.322 e. The van der Waals surface area contributed by atoms with Crippen molar-refractivity contribution in [2.45, 2.75) is 6.04 Å². The molecule has 0 aliphatic carbocycles. The van der Waals surface area contributed by atoms with Gasteiger partial charge in [0.15, 0.2) is 0 Å². The van der Waals surface area contributed by atoms with Crippen LogP contribution < -0.4 is 10.6 Å². The Kier molecular flexibility index (Phi) is 5.58. The van der Waals surface area contributed by atoms with Gasteiger partial charge in [0.05, 0.1) is 17.3 Å². The summed E-state index contributed by atoms with van der Waals surface area (Å²) in [5, 5.41) is 15.3. The highest BCUT2D eigenvalue weighted by Gasteiger charge is 2.29. The molecule has 2 rings (SSSR count). The number of hydrogen-bond donors (Lipinski definition) is 3. The lowest BCUT2D eigenvalue weighted by molar-refractivity contribution is -0.144. The molecule has 0 aromatic heterocycles. The van der Waals surface area contributed by atoms with Gasteiger partial charge in [-0.1, -0.05) is 27.5 Å². The van der Waals surface area contributed by atoms with Gasteiger partial charge in [-0.3, -0.25) is 14.5 Å². The van der Waals surface area contributed by atoms with Crippen molar-refractivity contribution in [1.29, 1.82) is 0 Å². The minimum Gasteiger partial charge on any atom is -0.480 e. The third kappa shape index (κ3) is 4.41. The number of halogens is 2. The molecule has 114 valence electrons. The Bertz CT molecular complexity index is 555. The van der Waals surface area contributed by atoms with E-state index in [1.807, 2.05) is 0 Å². The molecule has 1 aliphatic rings. The van der Waals surface area contributed by atoms with Gasteiger partial charge in [-0.05, 0) is 18.2 Å². The molecule has 0 radical (unpaired) electrons. The Labute approximate surface area is 135 Å². The van der Waals surface area contributed by atoms with E-state index in [2.05, 4.69) is 26.6 Å². The molecule has 21 heavy (non-hydrogen) atoms. The van der Waals surface area contributed by atoms with Crippen LogP contribution in [-0.4, -0.2) is 54.1 Å². The third-order valence-corrected chi connectivity index (χ3v) is 4.00. The molecule has 1 atom stereocenters. The average Bonchev–Trinajstić information content (AvgIpc) is 2.42. The number of rotatable bonds is 4. The molecule has 8 heteroatoms. The largest absolute Gasteiger partial charge is 0.480 e. The van der Waals surface area contributed by atoms with Crippen molar-refractivity contribution in [3.8, 4) is 0 Å². The van der Waals surface area contributed by atoms with Gasteiger partial charge in [-0.2, -0.15) is 0 Å². The molecule has 0 bridgehead atoms. The normalized spacial score (nSPS) is 19.2. The molecule has 1 aromatic rings. The number of hydrogen-bond acceptors (Lipinski definition) is 4. The number of nitrogens with one attached hydrogen (secondary N) is 2. The van der Waals surface area contributed by atoms with E-state index < -0.39 is 12.0 Å². The van der Waals surface area contributed by atoms with E-state index in [4.69, 9.17) is 16.7 Å². The number of nitrogens with zero attached hydrogens (tertiary/aromatic N) is 1. The van der Waals surface area contributed by atoms with Gasteiger partial charge in [0.25, 0.3) is 0 Å². The van der Waals surface area contributed by atoms with Gasteiger partial charge in [-0.15, -0.1) is 0 Å². The summed E-state index contributed by atoms with van der Waals surface area (Å²) in [5.74, 6) is -1.22. The lowest BCUT2D eigenvalue weighted by Crippen LogP contribution is -2.56. The Morgan fingerprint density at radius 1 is 1.52 bits per heavy atom. The molecule has 0 saturated carbocycles. The second-order valence-electron chi connectivity index (χ2n) is 4.70. The van der Waals surface area contributed by atoms with Crippen LogP contribution in [0.2, 0.25) is 5.02 Å². The summed E-state index contributed by atoms with van der Waals surface area (Å²) in [6, 6.07) is 4.45. The van der Waals surface area contributed by atoms with Crippen LogP contribution in [0.3, 0.4) is 0 Å². The number of anilines is 1. The van der Waals surface area contributed by atoms with Crippen molar-refractivity contribution in [3.05, 3.63) is 27.7 Å². The van der Waals surface area contributed by atoms with Gasteiger partial charge < -0.3 is 15.7 Å². The predicted octanol–water partition coefficient (Wildman–Crippen LogP) is 1.40. The van der Waals surface area contributed by atoms with Crippen molar-refractivity contribution in [2.24, 2.45) is 0 Å². The maximum absolute atomic E-state index is 12.0. The van der Waals surface area contributed by atoms with Crippen LogP contribution in [0.15, 0.2) is 22.7 Å². The summed E-state index contributed by atoms with van der Waals surface area (Å²) in [5.41, 5.74) is 0.506. The van der Waals surface area contributed by atoms with Crippen LogP contribution in [0.5, 0.6) is 0 Å². The highest BCUT2D eigenvalue weighted by molar-refractivity contribution is 9.10. The number of aliphatic carboxylic acids is 1. The fourth-order valence-electron chi connectivity index (χ4n) is 2.14. The summed E-state index contributed by atoms with van der Waals surface area (Å²) in [6.45, 7) is 1.53. The number of carboxylic acid groups (broad SMARTS) is 1. The monoisotopic (exact) mass is 375 g/mol. The molecule has 1 aromatic carbocycles. The topological polar surface area (TPSA) is 81.7 Å². The van der Waals surface area contributed by atoms with Crippen molar-refractivity contribution in [1.82, 2.24) is 10.2 Å². The van der Waals surface area contributed by atoms with Crippen molar-refractivity contribution >= 4 is 45.1 Å². The first kappa shape index (κ1) is 16.2. The maximum atomic E-state index is 12.0. The molecular formula is C13H15BrClN3O3. The van der Waals surface area contributed by atoms with Gasteiger partial charge >= 0.3 is 5.97 Å². The fourth-order valence-corrected chi connectivity index (χ4v) is 2.86. The Morgan fingerprint density at radius 3 is 2.95 bits per heavy atom. The zero-order chi connectivity index (χ0) is 15.4. The number of carbonyl (C=O) groups excluding carboxylic acids is 1. The van der Waals surface area contributed by atoms with Crippen LogP contribution in [0, 0.1) is 0 Å². The SMILES string of the molecule is O=C(CN1CCNCC1C(=O)O)Nc1ccc(Br)cc1Cl. The van der Waals surface area contributed by atoms with E-state index >= 15 is 0 Å². The second kappa shape index (κ2) is 7.22. The molecule has 3 N–H and O–H groups in total. The highest BCUT2D eigenvalue weighted by atomic mass is 79.9. The van der Waals surface area contributed by atoms with Gasteiger partial charge in [0.1, 0.15) is 6.04 Å². The van der Waals surface area contributed by atoms with E-state index in [1.54, 1.807) is 23.1 Å². The summed E-state index contributed by atoms with van der Waals surface area (Å²) >= 11 is 9.32. The summed E-state index contributed by atoms with van der Waals surface area (Å²) in [4.78, 5) is 24.8. The first-order valence-corrected chi connectivity index (χ1v) is 7.57. The zero-order valence-corrected chi connectivity index (χ0v) is 13.4. The van der Waals surface area contributed by atoms with Gasteiger partial charge in [0, 0.05) is 24.1 Å². The number of amides is 1. The molecule has 1 heterocycles. The van der Waals surface area contributed by atoms with Crippen LogP contribution in [0.1, 0.15) is 0 Å². The molecule has 6 nitrogen and oxygen atoms in total. The van der Waals surface area contributed by atoms with E-state index in [9.17, 15) is 9.59 Å². The van der Waals surface area contributed by atoms with Crippen molar-refractivity contribution < 1.29 is 14.7 Å². The van der Waals surface area contributed by atoms with Crippen LogP contribution in [0.4, 0.5) is 5.69 Å². The lowest BCUT2D eigenvalue weighted by atomic mass is 10.2. The van der Waals surface area contributed by atoms with Crippen molar-refractivity contribution in [2.75, 3.05) is 31.5 Å². The predicted molar refractivity (Wildman–Crippen MR) is 83.6 cm³/mol. The minimum absolute atomic E-state index is 0.0189. The highest BCUT2D eigenvalue weighted by Crippen LogP contribution is 2.25. The fraction of sp³-hybridized carbons (Fsp3) is 0.385. The third-order valence-electron chi connectivity index (χ3n) is 3.19. The number of carbonyl (C=O) groups is 2.